The summed E-state index contributed by atoms with van der Waals surface area (Å²) in [6.45, 7) is 10.6. The zero-order valence-electron chi connectivity index (χ0n) is 8.15. The standard InChI is InChI=1S/C9H21NO/c1-8(2)5-10-6-9(3,4)7-11/h8,10-11H,5-7H2,1-4H3. The Morgan fingerprint density at radius 2 is 1.91 bits per heavy atom. The van der Waals surface area contributed by atoms with Gasteiger partial charge in [-0.2, -0.15) is 0 Å². The Morgan fingerprint density at radius 1 is 1.36 bits per heavy atom. The summed E-state index contributed by atoms with van der Waals surface area (Å²) >= 11 is 0. The topological polar surface area (TPSA) is 32.3 Å². The summed E-state index contributed by atoms with van der Waals surface area (Å²) in [5.41, 5.74) is 0.0227. The minimum Gasteiger partial charge on any atom is -0.396 e. The molecule has 0 unspecified atom stereocenters. The van der Waals surface area contributed by atoms with Crippen LogP contribution in [0.25, 0.3) is 0 Å². The minimum absolute atomic E-state index is 0.0227. The van der Waals surface area contributed by atoms with Crippen LogP contribution in [-0.2, 0) is 0 Å². The molecule has 0 radical (unpaired) electrons. The quantitative estimate of drug-likeness (QED) is 0.633. The van der Waals surface area contributed by atoms with E-state index in [0.717, 1.165) is 13.1 Å². The fourth-order valence-electron chi connectivity index (χ4n) is 0.755. The van der Waals surface area contributed by atoms with Gasteiger partial charge in [-0.25, -0.2) is 0 Å². The summed E-state index contributed by atoms with van der Waals surface area (Å²) < 4.78 is 0. The van der Waals surface area contributed by atoms with Gasteiger partial charge in [0, 0.05) is 18.6 Å². The van der Waals surface area contributed by atoms with Crippen LogP contribution in [0.5, 0.6) is 0 Å². The fourth-order valence-corrected chi connectivity index (χ4v) is 0.755. The molecule has 68 valence electrons. The lowest BCUT2D eigenvalue weighted by Crippen LogP contribution is -2.34. The Bertz CT molecular complexity index is 99.7. The van der Waals surface area contributed by atoms with Gasteiger partial charge in [0.15, 0.2) is 0 Å². The highest BCUT2D eigenvalue weighted by atomic mass is 16.3. The third-order valence-electron chi connectivity index (χ3n) is 1.58. The van der Waals surface area contributed by atoms with Crippen molar-refractivity contribution in [3.05, 3.63) is 0 Å². The van der Waals surface area contributed by atoms with E-state index in [2.05, 4.69) is 33.0 Å². The van der Waals surface area contributed by atoms with Gasteiger partial charge in [-0.1, -0.05) is 27.7 Å². The minimum atomic E-state index is 0.0227. The first kappa shape index (κ1) is 10.9. The van der Waals surface area contributed by atoms with Gasteiger partial charge in [-0.15, -0.1) is 0 Å². The molecule has 0 saturated heterocycles. The van der Waals surface area contributed by atoms with Gasteiger partial charge in [0.05, 0.1) is 0 Å². The van der Waals surface area contributed by atoms with Crippen molar-refractivity contribution in [3.63, 3.8) is 0 Å². The maximum absolute atomic E-state index is 8.92. The molecule has 0 atom stereocenters. The van der Waals surface area contributed by atoms with Gasteiger partial charge >= 0.3 is 0 Å². The number of hydrogen-bond donors (Lipinski definition) is 2. The average molecular weight is 159 g/mol. The Morgan fingerprint density at radius 3 is 2.27 bits per heavy atom. The van der Waals surface area contributed by atoms with Crippen LogP contribution in [-0.4, -0.2) is 24.8 Å². The molecule has 0 heterocycles. The molecule has 2 N–H and O–H groups in total. The van der Waals surface area contributed by atoms with Crippen molar-refractivity contribution in [2.75, 3.05) is 19.7 Å². The van der Waals surface area contributed by atoms with E-state index in [4.69, 9.17) is 5.11 Å². The van der Waals surface area contributed by atoms with E-state index in [1.54, 1.807) is 0 Å². The second kappa shape index (κ2) is 4.73. The number of aliphatic hydroxyl groups excluding tert-OH is 1. The van der Waals surface area contributed by atoms with Crippen LogP contribution in [0.3, 0.4) is 0 Å². The van der Waals surface area contributed by atoms with E-state index in [0.29, 0.717) is 5.92 Å². The zero-order valence-corrected chi connectivity index (χ0v) is 8.15. The van der Waals surface area contributed by atoms with Crippen LogP contribution < -0.4 is 5.32 Å². The molecule has 0 aliphatic carbocycles. The van der Waals surface area contributed by atoms with Gasteiger partial charge < -0.3 is 10.4 Å². The number of rotatable bonds is 5. The SMILES string of the molecule is CC(C)CNCC(C)(C)CO. The maximum Gasteiger partial charge on any atom is 0.0494 e. The van der Waals surface area contributed by atoms with Crippen LogP contribution in [0.15, 0.2) is 0 Å². The lowest BCUT2D eigenvalue weighted by atomic mass is 9.95. The molecule has 0 saturated carbocycles. The number of nitrogens with one attached hydrogen (secondary N) is 1. The summed E-state index contributed by atoms with van der Waals surface area (Å²) in [5.74, 6) is 0.685. The van der Waals surface area contributed by atoms with E-state index in [-0.39, 0.29) is 12.0 Å². The molecule has 0 aromatic carbocycles. The normalized spacial score (nSPS) is 12.5. The predicted octanol–water partition coefficient (Wildman–Crippen LogP) is 1.25. The van der Waals surface area contributed by atoms with E-state index in [1.807, 2.05) is 0 Å². The van der Waals surface area contributed by atoms with Crippen molar-refractivity contribution < 1.29 is 5.11 Å². The molecule has 11 heavy (non-hydrogen) atoms. The fraction of sp³-hybridized carbons (Fsp3) is 1.00. The highest BCUT2D eigenvalue weighted by molar-refractivity contribution is 4.69. The van der Waals surface area contributed by atoms with E-state index >= 15 is 0 Å². The highest BCUT2D eigenvalue weighted by Crippen LogP contribution is 2.10. The summed E-state index contributed by atoms with van der Waals surface area (Å²) in [7, 11) is 0. The molecule has 0 fully saturated rings. The lowest BCUT2D eigenvalue weighted by molar-refractivity contribution is 0.156. The van der Waals surface area contributed by atoms with Crippen LogP contribution in [0, 0.1) is 11.3 Å². The van der Waals surface area contributed by atoms with E-state index in [1.165, 1.54) is 0 Å². The van der Waals surface area contributed by atoms with Crippen LogP contribution >= 0.6 is 0 Å². The third-order valence-corrected chi connectivity index (χ3v) is 1.58. The molecule has 0 aromatic heterocycles. The average Bonchev–Trinajstić information content (AvgIpc) is 1.87. The van der Waals surface area contributed by atoms with Gasteiger partial charge in [-0.05, 0) is 12.5 Å². The van der Waals surface area contributed by atoms with Crippen LogP contribution in [0.4, 0.5) is 0 Å². The molecule has 0 aliphatic rings. The summed E-state index contributed by atoms with van der Waals surface area (Å²) in [4.78, 5) is 0. The second-order valence-electron chi connectivity index (χ2n) is 4.35. The molecule has 0 spiro atoms. The highest BCUT2D eigenvalue weighted by Gasteiger charge is 2.15. The van der Waals surface area contributed by atoms with E-state index in [9.17, 15) is 0 Å². The number of aliphatic hydroxyl groups is 1. The van der Waals surface area contributed by atoms with Crippen molar-refractivity contribution in [3.8, 4) is 0 Å². The van der Waals surface area contributed by atoms with Crippen LogP contribution in [0.1, 0.15) is 27.7 Å². The molecular weight excluding hydrogens is 138 g/mol. The van der Waals surface area contributed by atoms with Gasteiger partial charge in [0.25, 0.3) is 0 Å². The van der Waals surface area contributed by atoms with Crippen molar-refractivity contribution in [1.29, 1.82) is 0 Å². The predicted molar refractivity (Wildman–Crippen MR) is 48.6 cm³/mol. The molecule has 0 bridgehead atoms. The van der Waals surface area contributed by atoms with Crippen molar-refractivity contribution in [2.24, 2.45) is 11.3 Å². The summed E-state index contributed by atoms with van der Waals surface area (Å²) in [6, 6.07) is 0. The Hall–Kier alpha value is -0.0800. The largest absolute Gasteiger partial charge is 0.396 e. The van der Waals surface area contributed by atoms with Crippen molar-refractivity contribution in [1.82, 2.24) is 5.32 Å². The van der Waals surface area contributed by atoms with Gasteiger partial charge in [0.1, 0.15) is 0 Å². The maximum atomic E-state index is 8.92. The molecule has 0 rings (SSSR count). The molecular formula is C9H21NO. The Balaban J connectivity index is 3.38. The number of hydrogen-bond acceptors (Lipinski definition) is 2. The molecule has 2 nitrogen and oxygen atoms in total. The third kappa shape index (κ3) is 6.32. The van der Waals surface area contributed by atoms with Crippen LogP contribution in [0.2, 0.25) is 0 Å². The Kier molecular flexibility index (Phi) is 4.69. The van der Waals surface area contributed by atoms with E-state index < -0.39 is 0 Å². The first-order chi connectivity index (χ1) is 4.98. The summed E-state index contributed by atoms with van der Waals surface area (Å²) in [5, 5.41) is 12.2. The lowest BCUT2D eigenvalue weighted by Gasteiger charge is -2.22. The first-order valence-corrected chi connectivity index (χ1v) is 4.29. The van der Waals surface area contributed by atoms with Crippen molar-refractivity contribution >= 4 is 0 Å². The Labute approximate surface area is 70.0 Å². The molecule has 0 amide bonds. The zero-order chi connectivity index (χ0) is 8.91. The summed E-state index contributed by atoms with van der Waals surface area (Å²) in [6.07, 6.45) is 0. The van der Waals surface area contributed by atoms with Gasteiger partial charge in [0.2, 0.25) is 0 Å². The van der Waals surface area contributed by atoms with Gasteiger partial charge in [-0.3, -0.25) is 0 Å². The smallest absolute Gasteiger partial charge is 0.0494 e. The second-order valence-corrected chi connectivity index (χ2v) is 4.35. The monoisotopic (exact) mass is 159 g/mol. The van der Waals surface area contributed by atoms with Crippen molar-refractivity contribution in [2.45, 2.75) is 27.7 Å². The molecule has 2 heteroatoms. The molecule has 0 aromatic rings. The first-order valence-electron chi connectivity index (χ1n) is 4.29. The molecule has 0 aliphatic heterocycles.